The Balaban J connectivity index is 1.96. The zero-order chi connectivity index (χ0) is 19.4. The number of hydrogen-bond acceptors (Lipinski definition) is 4. The van der Waals surface area contributed by atoms with Crippen LogP contribution in [0, 0.1) is 12.7 Å². The summed E-state index contributed by atoms with van der Waals surface area (Å²) >= 11 is 5.98. The highest BCUT2D eigenvalue weighted by molar-refractivity contribution is 6.30. The molecule has 0 spiro atoms. The number of aldehydes is 1. The van der Waals surface area contributed by atoms with Gasteiger partial charge in [-0.15, -0.1) is 0 Å². The van der Waals surface area contributed by atoms with Gasteiger partial charge in [-0.3, -0.25) is 4.79 Å². The molecule has 3 aromatic rings. The number of carbonyl (C=O) groups excluding carboxylic acids is 1. The maximum Gasteiger partial charge on any atom is 0.175 e. The molecule has 0 aliphatic heterocycles. The zero-order valence-electron chi connectivity index (χ0n) is 15.4. The molecule has 0 saturated heterocycles. The maximum atomic E-state index is 15.1. The second kappa shape index (κ2) is 8.50. The van der Waals surface area contributed by atoms with Crippen molar-refractivity contribution in [2.45, 2.75) is 26.3 Å². The normalized spacial score (nSPS) is 11.1. The van der Waals surface area contributed by atoms with E-state index in [1.165, 1.54) is 0 Å². The Hall–Kier alpha value is -2.44. The van der Waals surface area contributed by atoms with Crippen molar-refractivity contribution in [2.24, 2.45) is 0 Å². The van der Waals surface area contributed by atoms with E-state index < -0.39 is 5.82 Å². The van der Waals surface area contributed by atoms with Crippen LogP contribution in [0.4, 0.5) is 15.8 Å². The van der Waals surface area contributed by atoms with Crippen LogP contribution in [0.2, 0.25) is 5.02 Å². The highest BCUT2D eigenvalue weighted by Gasteiger charge is 2.18. The summed E-state index contributed by atoms with van der Waals surface area (Å²) in [6, 6.07) is 6.94. The van der Waals surface area contributed by atoms with Crippen LogP contribution >= 0.6 is 11.6 Å². The fourth-order valence-electron chi connectivity index (χ4n) is 3.06. The van der Waals surface area contributed by atoms with Gasteiger partial charge in [0.1, 0.15) is 5.52 Å². The molecular formula is C20H22ClFN4O. The second-order valence-corrected chi connectivity index (χ2v) is 6.91. The number of nitrogens with zero attached hydrogens (tertiary/aromatic N) is 2. The van der Waals surface area contributed by atoms with E-state index in [4.69, 9.17) is 11.6 Å². The van der Waals surface area contributed by atoms with Crippen molar-refractivity contribution in [1.29, 1.82) is 0 Å². The van der Waals surface area contributed by atoms with E-state index in [2.05, 4.69) is 15.6 Å². The molecule has 7 heteroatoms. The van der Waals surface area contributed by atoms with Gasteiger partial charge in [-0.05, 0) is 63.2 Å². The van der Waals surface area contributed by atoms with E-state index in [-0.39, 0.29) is 16.8 Å². The van der Waals surface area contributed by atoms with Gasteiger partial charge in [0.2, 0.25) is 0 Å². The van der Waals surface area contributed by atoms with E-state index in [0.717, 1.165) is 31.5 Å². The summed E-state index contributed by atoms with van der Waals surface area (Å²) in [5.74, 6) is -0.530. The number of rotatable bonds is 8. The van der Waals surface area contributed by atoms with Crippen LogP contribution < -0.4 is 10.6 Å². The molecule has 0 fully saturated rings. The fraction of sp³-hybridized carbons (Fsp3) is 0.300. The van der Waals surface area contributed by atoms with Crippen molar-refractivity contribution < 1.29 is 9.18 Å². The van der Waals surface area contributed by atoms with Gasteiger partial charge in [0.25, 0.3) is 0 Å². The summed E-state index contributed by atoms with van der Waals surface area (Å²) in [5.41, 5.74) is 2.80. The topological polar surface area (TPSA) is 59.0 Å². The molecule has 5 nitrogen and oxygen atoms in total. The molecule has 1 heterocycles. The Morgan fingerprint density at radius 2 is 2.11 bits per heavy atom. The number of hydrogen-bond donors (Lipinski definition) is 2. The zero-order valence-corrected chi connectivity index (χ0v) is 16.1. The van der Waals surface area contributed by atoms with Gasteiger partial charge in [-0.1, -0.05) is 11.6 Å². The number of unbranched alkanes of at least 4 members (excludes halogenated alkanes) is 1. The summed E-state index contributed by atoms with van der Waals surface area (Å²) in [4.78, 5) is 15.8. The Morgan fingerprint density at radius 1 is 1.30 bits per heavy atom. The lowest BCUT2D eigenvalue weighted by Crippen LogP contribution is -2.08. The summed E-state index contributed by atoms with van der Waals surface area (Å²) in [6.07, 6.45) is 4.23. The van der Waals surface area contributed by atoms with E-state index in [0.29, 0.717) is 22.5 Å². The van der Waals surface area contributed by atoms with Crippen LogP contribution in [-0.2, 0) is 6.54 Å². The number of aryl methyl sites for hydroxylation is 2. The molecule has 0 bridgehead atoms. The first-order chi connectivity index (χ1) is 13.0. The van der Waals surface area contributed by atoms with Crippen LogP contribution in [-0.4, -0.2) is 29.4 Å². The minimum atomic E-state index is -0.530. The van der Waals surface area contributed by atoms with Crippen molar-refractivity contribution in [1.82, 2.24) is 14.9 Å². The third kappa shape index (κ3) is 4.12. The third-order valence-electron chi connectivity index (χ3n) is 4.54. The number of benzene rings is 2. The van der Waals surface area contributed by atoms with Crippen molar-refractivity contribution in [3.05, 3.63) is 52.6 Å². The molecule has 0 atom stereocenters. The number of aromatic nitrogens is 2. The van der Waals surface area contributed by atoms with E-state index in [1.807, 2.05) is 18.5 Å². The Bertz CT molecular complexity index is 970. The second-order valence-electron chi connectivity index (χ2n) is 6.47. The molecule has 27 heavy (non-hydrogen) atoms. The SMILES string of the molecule is CNCCCCn1cnc2c(F)c(Nc3ccc(Cl)cc3C)c(C=O)cc21. The van der Waals surface area contributed by atoms with Gasteiger partial charge >= 0.3 is 0 Å². The van der Waals surface area contributed by atoms with Gasteiger partial charge in [0.05, 0.1) is 17.5 Å². The number of fused-ring (bicyclic) bond motifs is 1. The minimum absolute atomic E-state index is 0.128. The largest absolute Gasteiger partial charge is 0.352 e. The van der Waals surface area contributed by atoms with Crippen molar-refractivity contribution >= 4 is 40.3 Å². The quantitative estimate of drug-likeness (QED) is 0.434. The van der Waals surface area contributed by atoms with Crippen LogP contribution in [0.25, 0.3) is 11.0 Å². The summed E-state index contributed by atoms with van der Waals surface area (Å²) in [7, 11) is 1.91. The molecule has 3 rings (SSSR count). The number of imidazole rings is 1. The molecule has 1 aromatic heterocycles. The first-order valence-electron chi connectivity index (χ1n) is 8.85. The average Bonchev–Trinajstić information content (AvgIpc) is 3.06. The summed E-state index contributed by atoms with van der Waals surface area (Å²) in [6.45, 7) is 3.51. The first-order valence-corrected chi connectivity index (χ1v) is 9.23. The molecule has 2 N–H and O–H groups in total. The van der Waals surface area contributed by atoms with Crippen LogP contribution in [0.5, 0.6) is 0 Å². The van der Waals surface area contributed by atoms with Crippen molar-refractivity contribution in [2.75, 3.05) is 18.9 Å². The predicted octanol–water partition coefficient (Wildman–Crippen LogP) is 4.69. The summed E-state index contributed by atoms with van der Waals surface area (Å²) < 4.78 is 17.0. The molecule has 0 aliphatic carbocycles. The molecule has 0 saturated carbocycles. The lowest BCUT2D eigenvalue weighted by Gasteiger charge is -2.14. The Morgan fingerprint density at radius 3 is 2.81 bits per heavy atom. The summed E-state index contributed by atoms with van der Waals surface area (Å²) in [5, 5.41) is 6.73. The smallest absolute Gasteiger partial charge is 0.175 e. The molecule has 0 unspecified atom stereocenters. The molecule has 142 valence electrons. The number of carbonyl (C=O) groups is 1. The lowest BCUT2D eigenvalue weighted by molar-refractivity contribution is 0.112. The molecule has 0 aliphatic rings. The Kier molecular flexibility index (Phi) is 6.08. The standard InChI is InChI=1S/C20H22ClFN4O/c1-13-9-15(21)5-6-16(13)25-19-14(11-27)10-17-20(18(19)22)24-12-26(17)8-4-3-7-23-2/h5-6,9-12,23,25H,3-4,7-8H2,1-2H3. The van der Waals surface area contributed by atoms with E-state index in [9.17, 15) is 4.79 Å². The fourth-order valence-corrected chi connectivity index (χ4v) is 3.29. The number of anilines is 2. The molecule has 0 radical (unpaired) electrons. The Labute approximate surface area is 162 Å². The third-order valence-corrected chi connectivity index (χ3v) is 4.77. The van der Waals surface area contributed by atoms with Crippen LogP contribution in [0.15, 0.2) is 30.6 Å². The van der Waals surface area contributed by atoms with Gasteiger partial charge in [-0.25, -0.2) is 9.37 Å². The monoisotopic (exact) mass is 388 g/mol. The highest BCUT2D eigenvalue weighted by atomic mass is 35.5. The predicted molar refractivity (Wildman–Crippen MR) is 108 cm³/mol. The van der Waals surface area contributed by atoms with E-state index in [1.54, 1.807) is 30.6 Å². The number of halogens is 2. The minimum Gasteiger partial charge on any atom is -0.352 e. The van der Waals surface area contributed by atoms with Gasteiger partial charge in [0, 0.05) is 22.8 Å². The molecule has 0 amide bonds. The van der Waals surface area contributed by atoms with Gasteiger partial charge in [0.15, 0.2) is 12.1 Å². The lowest BCUT2D eigenvalue weighted by atomic mass is 10.1. The van der Waals surface area contributed by atoms with E-state index >= 15 is 4.39 Å². The van der Waals surface area contributed by atoms with Crippen LogP contribution in [0.3, 0.4) is 0 Å². The van der Waals surface area contributed by atoms with Gasteiger partial charge < -0.3 is 15.2 Å². The first kappa shape index (κ1) is 19.3. The maximum absolute atomic E-state index is 15.1. The van der Waals surface area contributed by atoms with Crippen molar-refractivity contribution in [3.63, 3.8) is 0 Å². The van der Waals surface area contributed by atoms with Crippen molar-refractivity contribution in [3.8, 4) is 0 Å². The average molecular weight is 389 g/mol. The molecular weight excluding hydrogens is 367 g/mol. The van der Waals surface area contributed by atoms with Crippen LogP contribution in [0.1, 0.15) is 28.8 Å². The molecule has 2 aromatic carbocycles. The highest BCUT2D eigenvalue weighted by Crippen LogP contribution is 2.31. The number of nitrogens with one attached hydrogen (secondary N) is 2. The van der Waals surface area contributed by atoms with Gasteiger partial charge in [-0.2, -0.15) is 0 Å².